The molecule has 1 aliphatic heterocycles. The van der Waals surface area contributed by atoms with E-state index in [1.54, 1.807) is 29.6 Å². The number of carbonyl (C=O) groups excluding carboxylic acids is 2. The first-order valence-corrected chi connectivity index (χ1v) is 7.98. The fourth-order valence-electron chi connectivity index (χ4n) is 1.81. The summed E-state index contributed by atoms with van der Waals surface area (Å²) in [6.07, 6.45) is 0. The van der Waals surface area contributed by atoms with Gasteiger partial charge in [0.05, 0.1) is 11.1 Å². The molecule has 0 aliphatic carbocycles. The molecule has 1 aromatic rings. The fraction of sp³-hybridized carbons (Fsp3) is 0.333. The molecule has 96 valence electrons. The molecule has 1 aliphatic rings. The highest BCUT2D eigenvalue weighted by Crippen LogP contribution is 2.36. The van der Waals surface area contributed by atoms with E-state index in [1.807, 2.05) is 13.0 Å². The average molecular weight is 299 g/mol. The molecule has 0 aromatic heterocycles. The Morgan fingerprint density at radius 2 is 1.78 bits per heavy atom. The Bertz CT molecular complexity index is 516. The van der Waals surface area contributed by atoms with Crippen LogP contribution in [0.5, 0.6) is 0 Å². The van der Waals surface area contributed by atoms with Crippen LogP contribution in [-0.4, -0.2) is 27.6 Å². The standard InChI is InChI=1S/C12H13NO2S3/c1-3-17-7-5-8-10(9(6-7)18-4-2)12(15)13(16)11(8)14/h5-6,16H,3-4H2,1-2H3. The molecule has 0 atom stereocenters. The molecule has 0 fully saturated rings. The van der Waals surface area contributed by atoms with Crippen LogP contribution in [0.15, 0.2) is 21.9 Å². The first-order valence-electron chi connectivity index (χ1n) is 5.61. The zero-order valence-corrected chi connectivity index (χ0v) is 12.6. The number of nitrogens with zero attached hydrogens (tertiary/aromatic N) is 1. The van der Waals surface area contributed by atoms with Crippen LogP contribution in [0.25, 0.3) is 0 Å². The van der Waals surface area contributed by atoms with Gasteiger partial charge in [-0.25, -0.2) is 4.31 Å². The predicted molar refractivity (Wildman–Crippen MR) is 78.7 cm³/mol. The minimum Gasteiger partial charge on any atom is -0.268 e. The van der Waals surface area contributed by atoms with E-state index in [0.29, 0.717) is 11.1 Å². The summed E-state index contributed by atoms with van der Waals surface area (Å²) in [5.74, 6) is 1.15. The topological polar surface area (TPSA) is 37.4 Å². The molecule has 0 saturated carbocycles. The Hall–Kier alpha value is -0.590. The summed E-state index contributed by atoms with van der Waals surface area (Å²) < 4.78 is 0.894. The Kier molecular flexibility index (Phi) is 4.29. The van der Waals surface area contributed by atoms with Crippen molar-refractivity contribution >= 4 is 48.2 Å². The number of hydrogen-bond donors (Lipinski definition) is 1. The summed E-state index contributed by atoms with van der Waals surface area (Å²) in [5.41, 5.74) is 0.978. The van der Waals surface area contributed by atoms with Gasteiger partial charge in [-0.3, -0.25) is 9.59 Å². The molecule has 0 N–H and O–H groups in total. The summed E-state index contributed by atoms with van der Waals surface area (Å²) in [5, 5.41) is 0. The number of benzene rings is 1. The van der Waals surface area contributed by atoms with Crippen LogP contribution >= 0.6 is 36.3 Å². The van der Waals surface area contributed by atoms with Crippen LogP contribution in [0.2, 0.25) is 0 Å². The molecular formula is C12H13NO2S3. The Balaban J connectivity index is 2.57. The van der Waals surface area contributed by atoms with E-state index in [2.05, 4.69) is 19.7 Å². The van der Waals surface area contributed by atoms with Crippen LogP contribution in [-0.2, 0) is 0 Å². The first kappa shape index (κ1) is 13.8. The van der Waals surface area contributed by atoms with Crippen LogP contribution in [0, 0.1) is 0 Å². The highest BCUT2D eigenvalue weighted by atomic mass is 32.2. The minimum atomic E-state index is -0.324. The average Bonchev–Trinajstić information content (AvgIpc) is 2.56. The Labute approximate surface area is 120 Å². The number of thioether (sulfide) groups is 2. The van der Waals surface area contributed by atoms with E-state index in [4.69, 9.17) is 0 Å². The normalized spacial score (nSPS) is 14.3. The zero-order valence-electron chi connectivity index (χ0n) is 10.1. The molecular weight excluding hydrogens is 286 g/mol. The SMILES string of the molecule is CCSc1cc(SCC)c2c(c1)C(=O)N(S)C2=O. The molecule has 18 heavy (non-hydrogen) atoms. The van der Waals surface area contributed by atoms with Crippen molar-refractivity contribution in [3.8, 4) is 0 Å². The Morgan fingerprint density at radius 3 is 2.39 bits per heavy atom. The predicted octanol–water partition coefficient (Wildman–Crippen LogP) is 3.35. The van der Waals surface area contributed by atoms with Crippen LogP contribution in [0.1, 0.15) is 34.6 Å². The van der Waals surface area contributed by atoms with E-state index in [-0.39, 0.29) is 11.8 Å². The lowest BCUT2D eigenvalue weighted by atomic mass is 10.1. The van der Waals surface area contributed by atoms with E-state index < -0.39 is 0 Å². The van der Waals surface area contributed by atoms with Gasteiger partial charge in [0, 0.05) is 9.79 Å². The number of fused-ring (bicyclic) bond motifs is 1. The zero-order chi connectivity index (χ0) is 13.3. The molecule has 6 heteroatoms. The molecule has 3 nitrogen and oxygen atoms in total. The summed E-state index contributed by atoms with van der Waals surface area (Å²) in [6, 6.07) is 3.78. The lowest BCUT2D eigenvalue weighted by Gasteiger charge is -2.07. The summed E-state index contributed by atoms with van der Waals surface area (Å²) in [7, 11) is 0. The number of imide groups is 1. The van der Waals surface area contributed by atoms with E-state index >= 15 is 0 Å². The van der Waals surface area contributed by atoms with Gasteiger partial charge in [0.2, 0.25) is 0 Å². The van der Waals surface area contributed by atoms with Crippen LogP contribution < -0.4 is 0 Å². The lowest BCUT2D eigenvalue weighted by molar-refractivity contribution is 0.0778. The molecule has 0 spiro atoms. The molecule has 1 heterocycles. The van der Waals surface area contributed by atoms with E-state index in [1.165, 1.54) is 0 Å². The molecule has 0 radical (unpaired) electrons. The van der Waals surface area contributed by atoms with E-state index in [9.17, 15) is 9.59 Å². The van der Waals surface area contributed by atoms with Crippen molar-refractivity contribution in [3.63, 3.8) is 0 Å². The second-order valence-electron chi connectivity index (χ2n) is 3.63. The maximum Gasteiger partial charge on any atom is 0.272 e. The van der Waals surface area contributed by atoms with Crippen molar-refractivity contribution < 1.29 is 9.59 Å². The quantitative estimate of drug-likeness (QED) is 0.525. The van der Waals surface area contributed by atoms with Crippen molar-refractivity contribution in [2.75, 3.05) is 11.5 Å². The highest BCUT2D eigenvalue weighted by Gasteiger charge is 2.36. The fourth-order valence-corrected chi connectivity index (χ4v) is 3.69. The smallest absolute Gasteiger partial charge is 0.268 e. The molecule has 0 unspecified atom stereocenters. The van der Waals surface area contributed by atoms with Crippen molar-refractivity contribution in [2.24, 2.45) is 0 Å². The number of carbonyl (C=O) groups is 2. The van der Waals surface area contributed by atoms with Gasteiger partial charge >= 0.3 is 0 Å². The lowest BCUT2D eigenvalue weighted by Crippen LogP contribution is -2.18. The van der Waals surface area contributed by atoms with Crippen molar-refractivity contribution in [2.45, 2.75) is 23.6 Å². The molecule has 0 bridgehead atoms. The van der Waals surface area contributed by atoms with Crippen molar-refractivity contribution in [3.05, 3.63) is 23.3 Å². The van der Waals surface area contributed by atoms with Gasteiger partial charge in [0.15, 0.2) is 0 Å². The Morgan fingerprint density at radius 1 is 1.11 bits per heavy atom. The monoisotopic (exact) mass is 299 g/mol. The number of rotatable bonds is 4. The highest BCUT2D eigenvalue weighted by molar-refractivity contribution is 8.00. The third-order valence-electron chi connectivity index (χ3n) is 2.52. The summed E-state index contributed by atoms with van der Waals surface area (Å²) in [6.45, 7) is 4.08. The second kappa shape index (κ2) is 5.59. The third-order valence-corrected chi connectivity index (χ3v) is 4.66. The van der Waals surface area contributed by atoms with Crippen molar-refractivity contribution in [1.82, 2.24) is 4.31 Å². The first-order chi connectivity index (χ1) is 8.60. The van der Waals surface area contributed by atoms with Gasteiger partial charge in [-0.15, -0.1) is 23.5 Å². The number of amides is 2. The van der Waals surface area contributed by atoms with Gasteiger partial charge < -0.3 is 0 Å². The van der Waals surface area contributed by atoms with E-state index in [0.717, 1.165) is 25.6 Å². The van der Waals surface area contributed by atoms with Gasteiger partial charge in [0.1, 0.15) is 0 Å². The summed E-state index contributed by atoms with van der Waals surface area (Å²) >= 11 is 7.19. The second-order valence-corrected chi connectivity index (χ2v) is 6.68. The van der Waals surface area contributed by atoms with Crippen LogP contribution in [0.3, 0.4) is 0 Å². The van der Waals surface area contributed by atoms with Gasteiger partial charge in [-0.2, -0.15) is 0 Å². The van der Waals surface area contributed by atoms with Crippen molar-refractivity contribution in [1.29, 1.82) is 0 Å². The largest absolute Gasteiger partial charge is 0.272 e. The number of hydrogen-bond acceptors (Lipinski definition) is 5. The van der Waals surface area contributed by atoms with Crippen LogP contribution in [0.4, 0.5) is 0 Å². The molecule has 1 aromatic carbocycles. The molecule has 0 saturated heterocycles. The molecule has 2 amide bonds. The van der Waals surface area contributed by atoms with Gasteiger partial charge in [-0.1, -0.05) is 26.7 Å². The third kappa shape index (κ3) is 2.29. The minimum absolute atomic E-state index is 0.317. The summed E-state index contributed by atoms with van der Waals surface area (Å²) in [4.78, 5) is 25.8. The van der Waals surface area contributed by atoms with Gasteiger partial charge in [0.25, 0.3) is 11.8 Å². The molecule has 2 rings (SSSR count). The number of thiol groups is 1. The maximum atomic E-state index is 12.0. The van der Waals surface area contributed by atoms with Gasteiger partial charge in [-0.05, 0) is 23.6 Å². The maximum absolute atomic E-state index is 12.0.